The molecule has 0 radical (unpaired) electrons. The van der Waals surface area contributed by atoms with Crippen LogP contribution in [0.3, 0.4) is 0 Å². The first kappa shape index (κ1) is 23.0. The van der Waals surface area contributed by atoms with Crippen molar-refractivity contribution < 1.29 is 9.53 Å². The van der Waals surface area contributed by atoms with E-state index in [4.69, 9.17) is 4.74 Å². The molecule has 0 aromatic heterocycles. The molecule has 0 saturated heterocycles. The minimum absolute atomic E-state index is 0. The molecular weight excluding hydrogens is 479 g/mol. The number of rotatable bonds is 5. The van der Waals surface area contributed by atoms with E-state index in [1.165, 1.54) is 0 Å². The normalized spacial score (nSPS) is 15.4. The van der Waals surface area contributed by atoms with Crippen molar-refractivity contribution in [1.82, 2.24) is 15.5 Å². The Morgan fingerprint density at radius 2 is 2.00 bits per heavy atom. The summed E-state index contributed by atoms with van der Waals surface area (Å²) in [5.41, 5.74) is 2.99. The average molecular weight is 508 g/mol. The number of nitrogens with zero attached hydrogens (tertiary/aromatic N) is 2. The Kier molecular flexibility index (Phi) is 8.75. The van der Waals surface area contributed by atoms with E-state index in [9.17, 15) is 4.79 Å². The van der Waals surface area contributed by atoms with Gasteiger partial charge < -0.3 is 20.3 Å². The number of guanidine groups is 1. The smallest absolute Gasteiger partial charge is 0.253 e. The van der Waals surface area contributed by atoms with E-state index in [0.29, 0.717) is 12.2 Å². The molecule has 2 aromatic carbocycles. The molecule has 1 aliphatic heterocycles. The van der Waals surface area contributed by atoms with Gasteiger partial charge in [-0.25, -0.2) is 0 Å². The average Bonchev–Trinajstić information content (AvgIpc) is 2.72. The minimum Gasteiger partial charge on any atom is -0.493 e. The number of hydrogen-bond acceptors (Lipinski definition) is 3. The van der Waals surface area contributed by atoms with Gasteiger partial charge >= 0.3 is 0 Å². The molecule has 1 aliphatic rings. The van der Waals surface area contributed by atoms with E-state index in [1.54, 1.807) is 26.0 Å². The fourth-order valence-corrected chi connectivity index (χ4v) is 3.29. The summed E-state index contributed by atoms with van der Waals surface area (Å²) in [6.07, 6.45) is 1.70. The summed E-state index contributed by atoms with van der Waals surface area (Å²) in [6, 6.07) is 16.1. The molecule has 1 heterocycles. The largest absolute Gasteiger partial charge is 0.493 e. The van der Waals surface area contributed by atoms with Crippen LogP contribution in [-0.2, 0) is 6.42 Å². The molecule has 1 unspecified atom stereocenters. The maximum atomic E-state index is 12.1. The van der Waals surface area contributed by atoms with Gasteiger partial charge in [0.2, 0.25) is 0 Å². The highest BCUT2D eigenvalue weighted by atomic mass is 127. The molecule has 0 aliphatic carbocycles. The van der Waals surface area contributed by atoms with Gasteiger partial charge in [0.15, 0.2) is 5.96 Å². The van der Waals surface area contributed by atoms with Crippen LogP contribution in [0, 0.1) is 0 Å². The van der Waals surface area contributed by atoms with E-state index in [2.05, 4.69) is 21.7 Å². The molecule has 2 N–H and O–H groups in total. The van der Waals surface area contributed by atoms with Crippen LogP contribution in [0.1, 0.15) is 33.9 Å². The molecule has 6 nitrogen and oxygen atoms in total. The zero-order chi connectivity index (χ0) is 19.9. The van der Waals surface area contributed by atoms with Gasteiger partial charge in [-0.15, -0.1) is 24.0 Å². The zero-order valence-corrected chi connectivity index (χ0v) is 19.5. The van der Waals surface area contributed by atoms with Gasteiger partial charge in [0.05, 0.1) is 12.6 Å². The Balaban J connectivity index is 0.00000300. The van der Waals surface area contributed by atoms with Crippen molar-refractivity contribution >= 4 is 35.8 Å². The lowest BCUT2D eigenvalue weighted by Crippen LogP contribution is -2.41. The van der Waals surface area contributed by atoms with E-state index in [-0.39, 0.29) is 35.9 Å². The number of ether oxygens (including phenoxy) is 1. The fourth-order valence-electron chi connectivity index (χ4n) is 3.29. The Labute approximate surface area is 189 Å². The summed E-state index contributed by atoms with van der Waals surface area (Å²) in [7, 11) is 5.30. The third-order valence-electron chi connectivity index (χ3n) is 4.78. The third kappa shape index (κ3) is 6.09. The standard InChI is InChI=1S/C22H28N4O2.HI/c1-23-22(25-19-12-14-28-20-10-5-4-9-18(19)20)24-13-11-16-7-6-8-17(15-16)21(27)26(2)3;/h4-10,15,19H,11-14H2,1-3H3,(H2,23,24,25);1H. The summed E-state index contributed by atoms with van der Waals surface area (Å²) in [5, 5.41) is 6.86. The number of para-hydroxylation sites is 1. The number of carbonyl (C=O) groups excluding carboxylic acids is 1. The lowest BCUT2D eigenvalue weighted by molar-refractivity contribution is 0.0827. The van der Waals surface area contributed by atoms with Crippen molar-refractivity contribution in [2.24, 2.45) is 4.99 Å². The lowest BCUT2D eigenvalue weighted by atomic mass is 10.0. The second-order valence-corrected chi connectivity index (χ2v) is 7.02. The number of halogens is 1. The van der Waals surface area contributed by atoms with Crippen LogP contribution in [0.4, 0.5) is 0 Å². The first-order valence-corrected chi connectivity index (χ1v) is 9.58. The first-order valence-electron chi connectivity index (χ1n) is 9.58. The van der Waals surface area contributed by atoms with Crippen molar-refractivity contribution in [3.8, 4) is 5.75 Å². The topological polar surface area (TPSA) is 66.0 Å². The fraction of sp³-hybridized carbons (Fsp3) is 0.364. The summed E-state index contributed by atoms with van der Waals surface area (Å²) < 4.78 is 5.72. The zero-order valence-electron chi connectivity index (χ0n) is 17.1. The number of carbonyl (C=O) groups is 1. The first-order chi connectivity index (χ1) is 13.6. The highest BCUT2D eigenvalue weighted by molar-refractivity contribution is 14.0. The van der Waals surface area contributed by atoms with Crippen LogP contribution in [0.2, 0.25) is 0 Å². The number of benzene rings is 2. The predicted molar refractivity (Wildman–Crippen MR) is 127 cm³/mol. The molecule has 7 heteroatoms. The summed E-state index contributed by atoms with van der Waals surface area (Å²) >= 11 is 0. The maximum absolute atomic E-state index is 12.1. The van der Waals surface area contributed by atoms with Crippen molar-refractivity contribution in [3.63, 3.8) is 0 Å². The molecule has 2 aromatic rings. The quantitative estimate of drug-likeness (QED) is 0.370. The summed E-state index contributed by atoms with van der Waals surface area (Å²) in [6.45, 7) is 1.42. The monoisotopic (exact) mass is 508 g/mol. The molecule has 1 atom stereocenters. The van der Waals surface area contributed by atoms with Crippen LogP contribution in [-0.4, -0.2) is 51.1 Å². The molecule has 29 heavy (non-hydrogen) atoms. The van der Waals surface area contributed by atoms with Crippen molar-refractivity contribution in [1.29, 1.82) is 0 Å². The molecule has 156 valence electrons. The number of amides is 1. The highest BCUT2D eigenvalue weighted by Crippen LogP contribution is 2.31. The SMILES string of the molecule is CN=C(NCCc1cccc(C(=O)N(C)C)c1)NC1CCOc2ccccc21.I. The molecular formula is C22H29IN4O2. The third-order valence-corrected chi connectivity index (χ3v) is 4.78. The molecule has 1 amide bonds. The van der Waals surface area contributed by atoms with E-state index < -0.39 is 0 Å². The van der Waals surface area contributed by atoms with Crippen LogP contribution >= 0.6 is 24.0 Å². The number of nitrogens with one attached hydrogen (secondary N) is 2. The molecule has 0 bridgehead atoms. The predicted octanol–water partition coefficient (Wildman–Crippen LogP) is 3.24. The lowest BCUT2D eigenvalue weighted by Gasteiger charge is -2.28. The Morgan fingerprint density at radius 1 is 1.21 bits per heavy atom. The number of aliphatic imine (C=N–C) groups is 1. The highest BCUT2D eigenvalue weighted by Gasteiger charge is 2.21. The summed E-state index contributed by atoms with van der Waals surface area (Å²) in [5.74, 6) is 1.72. The van der Waals surface area contributed by atoms with Crippen molar-refractivity contribution in [2.75, 3.05) is 34.3 Å². The van der Waals surface area contributed by atoms with E-state index >= 15 is 0 Å². The van der Waals surface area contributed by atoms with Crippen LogP contribution < -0.4 is 15.4 Å². The molecule has 0 saturated carbocycles. The summed E-state index contributed by atoms with van der Waals surface area (Å²) in [4.78, 5) is 18.1. The van der Waals surface area contributed by atoms with E-state index in [1.807, 2.05) is 42.5 Å². The Morgan fingerprint density at radius 3 is 2.76 bits per heavy atom. The Bertz CT molecular complexity index is 854. The van der Waals surface area contributed by atoms with Crippen LogP contribution in [0.15, 0.2) is 53.5 Å². The van der Waals surface area contributed by atoms with Crippen LogP contribution in [0.5, 0.6) is 5.75 Å². The van der Waals surface area contributed by atoms with Gasteiger partial charge in [0.1, 0.15) is 5.75 Å². The van der Waals surface area contributed by atoms with E-state index in [0.717, 1.165) is 42.2 Å². The second-order valence-electron chi connectivity index (χ2n) is 7.02. The van der Waals surface area contributed by atoms with Crippen molar-refractivity contribution in [3.05, 3.63) is 65.2 Å². The molecule has 3 rings (SSSR count). The number of hydrogen-bond donors (Lipinski definition) is 2. The maximum Gasteiger partial charge on any atom is 0.253 e. The van der Waals surface area contributed by atoms with Crippen LogP contribution in [0.25, 0.3) is 0 Å². The van der Waals surface area contributed by atoms with Gasteiger partial charge in [0.25, 0.3) is 5.91 Å². The van der Waals surface area contributed by atoms with Crippen molar-refractivity contribution in [2.45, 2.75) is 18.9 Å². The Hall–Kier alpha value is -2.29. The van der Waals surface area contributed by atoms with Gasteiger partial charge in [0, 0.05) is 45.2 Å². The van der Waals surface area contributed by atoms with Gasteiger partial charge in [-0.05, 0) is 30.2 Å². The molecule has 0 fully saturated rings. The second kappa shape index (κ2) is 11.0. The van der Waals surface area contributed by atoms with Gasteiger partial charge in [-0.1, -0.05) is 30.3 Å². The van der Waals surface area contributed by atoms with Gasteiger partial charge in [-0.2, -0.15) is 0 Å². The minimum atomic E-state index is 0. The molecule has 0 spiro atoms. The van der Waals surface area contributed by atoms with Gasteiger partial charge in [-0.3, -0.25) is 9.79 Å². The number of fused-ring (bicyclic) bond motifs is 1.